The number of aliphatic hydroxyl groups is 1. The molecule has 2 amide bonds. The molecular weight excluding hydrogens is 467 g/mol. The van der Waals surface area contributed by atoms with Crippen molar-refractivity contribution in [3.8, 4) is 0 Å². The Morgan fingerprint density at radius 1 is 1.23 bits per heavy atom. The Labute approximate surface area is 198 Å². The molecule has 35 heavy (non-hydrogen) atoms. The Morgan fingerprint density at radius 3 is 2.66 bits per heavy atom. The summed E-state index contributed by atoms with van der Waals surface area (Å²) in [6.45, 7) is 3.59. The summed E-state index contributed by atoms with van der Waals surface area (Å²) < 4.78 is 45.7. The van der Waals surface area contributed by atoms with Gasteiger partial charge in [0.05, 0.1) is 24.8 Å². The van der Waals surface area contributed by atoms with Gasteiger partial charge in [-0.3, -0.25) is 14.3 Å². The minimum Gasteiger partial charge on any atom is -0.393 e. The molecule has 1 aliphatic rings. The molecule has 0 saturated carbocycles. The number of aromatic nitrogens is 3. The third-order valence-corrected chi connectivity index (χ3v) is 5.47. The SMILES string of the molecule is CC(O)Cc1cc2nn(CC(=O)N3CCOCC3)cc2cc1NC(=O)c1cccc(C(F)(F)F)n1. The van der Waals surface area contributed by atoms with Crippen LogP contribution in [0.15, 0.2) is 36.5 Å². The second-order valence-corrected chi connectivity index (χ2v) is 8.30. The third-order valence-electron chi connectivity index (χ3n) is 5.47. The number of anilines is 1. The van der Waals surface area contributed by atoms with Crippen molar-refractivity contribution in [1.82, 2.24) is 19.7 Å². The van der Waals surface area contributed by atoms with Crippen molar-refractivity contribution in [3.63, 3.8) is 0 Å². The average Bonchev–Trinajstić information content (AvgIpc) is 3.19. The van der Waals surface area contributed by atoms with Crippen LogP contribution >= 0.6 is 0 Å². The lowest BCUT2D eigenvalue weighted by atomic mass is 10.0. The van der Waals surface area contributed by atoms with Gasteiger partial charge in [-0.15, -0.1) is 0 Å². The van der Waals surface area contributed by atoms with E-state index in [2.05, 4.69) is 15.4 Å². The fraction of sp³-hybridized carbons (Fsp3) is 0.391. The monoisotopic (exact) mass is 491 g/mol. The van der Waals surface area contributed by atoms with Gasteiger partial charge >= 0.3 is 6.18 Å². The molecule has 1 unspecified atom stereocenters. The summed E-state index contributed by atoms with van der Waals surface area (Å²) in [5, 5.41) is 17.6. The zero-order valence-electron chi connectivity index (χ0n) is 18.9. The summed E-state index contributed by atoms with van der Waals surface area (Å²) >= 11 is 0. The maximum atomic E-state index is 13.0. The maximum absolute atomic E-state index is 13.0. The Balaban J connectivity index is 1.60. The first-order valence-electron chi connectivity index (χ1n) is 11.0. The second-order valence-electron chi connectivity index (χ2n) is 8.30. The number of carbonyl (C=O) groups is 2. The number of carbonyl (C=O) groups excluding carboxylic acids is 2. The predicted molar refractivity (Wildman–Crippen MR) is 120 cm³/mol. The first kappa shape index (κ1) is 24.6. The second kappa shape index (κ2) is 10.0. The van der Waals surface area contributed by atoms with Crippen LogP contribution in [0.5, 0.6) is 0 Å². The van der Waals surface area contributed by atoms with Crippen molar-refractivity contribution in [3.05, 3.63) is 53.5 Å². The molecule has 2 aromatic heterocycles. The average molecular weight is 491 g/mol. The number of rotatable bonds is 6. The Bertz CT molecular complexity index is 1240. The summed E-state index contributed by atoms with van der Waals surface area (Å²) in [5.74, 6) is -0.924. The van der Waals surface area contributed by atoms with Crippen LogP contribution in [0.25, 0.3) is 10.9 Å². The fourth-order valence-corrected chi connectivity index (χ4v) is 3.81. The number of morpholine rings is 1. The van der Waals surface area contributed by atoms with E-state index in [0.29, 0.717) is 48.5 Å². The molecule has 186 valence electrons. The summed E-state index contributed by atoms with van der Waals surface area (Å²) in [6, 6.07) is 6.37. The third kappa shape index (κ3) is 5.95. The summed E-state index contributed by atoms with van der Waals surface area (Å²) in [4.78, 5) is 30.4. The minimum atomic E-state index is -4.68. The molecule has 0 bridgehead atoms. The van der Waals surface area contributed by atoms with Gasteiger partial charge in [-0.1, -0.05) is 6.07 Å². The van der Waals surface area contributed by atoms with E-state index >= 15 is 0 Å². The zero-order chi connectivity index (χ0) is 25.2. The van der Waals surface area contributed by atoms with Gasteiger partial charge in [0, 0.05) is 36.8 Å². The lowest BCUT2D eigenvalue weighted by molar-refractivity contribution is -0.141. The summed E-state index contributed by atoms with van der Waals surface area (Å²) in [5.41, 5.74) is -0.171. The molecule has 2 N–H and O–H groups in total. The smallest absolute Gasteiger partial charge is 0.393 e. The molecular formula is C23H24F3N5O4. The van der Waals surface area contributed by atoms with Crippen molar-refractivity contribution in [2.24, 2.45) is 0 Å². The summed E-state index contributed by atoms with van der Waals surface area (Å²) in [6.07, 6.45) is -3.61. The zero-order valence-corrected chi connectivity index (χ0v) is 18.9. The van der Waals surface area contributed by atoms with Crippen molar-refractivity contribution < 1.29 is 32.6 Å². The van der Waals surface area contributed by atoms with Crippen molar-refractivity contribution in [1.29, 1.82) is 0 Å². The van der Waals surface area contributed by atoms with E-state index in [4.69, 9.17) is 4.74 Å². The number of nitrogens with zero attached hydrogens (tertiary/aromatic N) is 4. The standard InChI is InChI=1S/C23H24F3N5O4/c1-14(32)9-15-10-19-16(12-31(29-19)13-21(33)30-5-7-35-8-6-30)11-18(15)28-22(34)17-3-2-4-20(27-17)23(24,25)26/h2-4,10-12,14,32H,5-9,13H2,1H3,(H,28,34). The number of nitrogens with one attached hydrogen (secondary N) is 1. The van der Waals surface area contributed by atoms with Gasteiger partial charge in [0.15, 0.2) is 0 Å². The number of alkyl halides is 3. The van der Waals surface area contributed by atoms with Crippen molar-refractivity contribution in [2.75, 3.05) is 31.6 Å². The minimum absolute atomic E-state index is 0.0241. The van der Waals surface area contributed by atoms with Crippen LogP contribution in [0.2, 0.25) is 0 Å². The topological polar surface area (TPSA) is 110 Å². The highest BCUT2D eigenvalue weighted by Crippen LogP contribution is 2.28. The number of aliphatic hydroxyl groups excluding tert-OH is 1. The van der Waals surface area contributed by atoms with Crippen LogP contribution in [-0.2, 0) is 28.7 Å². The van der Waals surface area contributed by atoms with Gasteiger partial charge in [0.25, 0.3) is 5.91 Å². The van der Waals surface area contributed by atoms with Crippen LogP contribution in [0, 0.1) is 0 Å². The number of hydrogen-bond acceptors (Lipinski definition) is 6. The Morgan fingerprint density at radius 2 is 1.97 bits per heavy atom. The van der Waals surface area contributed by atoms with E-state index in [0.717, 1.165) is 12.1 Å². The molecule has 4 rings (SSSR count). The molecule has 1 aromatic carbocycles. The molecule has 3 aromatic rings. The van der Waals surface area contributed by atoms with E-state index in [1.54, 1.807) is 30.2 Å². The number of amides is 2. The van der Waals surface area contributed by atoms with Crippen molar-refractivity contribution >= 4 is 28.4 Å². The molecule has 12 heteroatoms. The van der Waals surface area contributed by atoms with E-state index in [1.807, 2.05) is 0 Å². The normalized spacial score (nSPS) is 15.3. The highest BCUT2D eigenvalue weighted by Gasteiger charge is 2.33. The van der Waals surface area contributed by atoms with E-state index < -0.39 is 29.6 Å². The quantitative estimate of drug-likeness (QED) is 0.549. The highest BCUT2D eigenvalue weighted by molar-refractivity contribution is 6.04. The molecule has 1 saturated heterocycles. The molecule has 1 aliphatic heterocycles. The summed E-state index contributed by atoms with van der Waals surface area (Å²) in [7, 11) is 0. The molecule has 9 nitrogen and oxygen atoms in total. The van der Waals surface area contributed by atoms with Gasteiger partial charge in [-0.05, 0) is 36.8 Å². The first-order valence-corrected chi connectivity index (χ1v) is 11.0. The fourth-order valence-electron chi connectivity index (χ4n) is 3.81. The van der Waals surface area contributed by atoms with Crippen molar-refractivity contribution in [2.45, 2.75) is 32.2 Å². The maximum Gasteiger partial charge on any atom is 0.433 e. The van der Waals surface area contributed by atoms with Crippen LogP contribution in [0.3, 0.4) is 0 Å². The number of ether oxygens (including phenoxy) is 1. The number of pyridine rings is 1. The van der Waals surface area contributed by atoms with Gasteiger partial charge < -0.3 is 20.1 Å². The van der Waals surface area contributed by atoms with E-state index in [1.165, 1.54) is 10.7 Å². The lowest BCUT2D eigenvalue weighted by Crippen LogP contribution is -2.42. The molecule has 0 radical (unpaired) electrons. The number of benzene rings is 1. The van der Waals surface area contributed by atoms with Crippen LogP contribution in [0.4, 0.5) is 18.9 Å². The number of fused-ring (bicyclic) bond motifs is 1. The van der Waals surface area contributed by atoms with E-state index in [9.17, 15) is 27.9 Å². The molecule has 1 atom stereocenters. The molecule has 3 heterocycles. The van der Waals surface area contributed by atoms with Crippen LogP contribution in [-0.4, -0.2) is 69.0 Å². The van der Waals surface area contributed by atoms with Gasteiger partial charge in [0.1, 0.15) is 17.9 Å². The van der Waals surface area contributed by atoms with Gasteiger partial charge in [0.2, 0.25) is 5.91 Å². The molecule has 0 spiro atoms. The van der Waals surface area contributed by atoms with Crippen LogP contribution in [0.1, 0.15) is 28.7 Å². The number of hydrogen-bond donors (Lipinski definition) is 2. The largest absolute Gasteiger partial charge is 0.433 e. The Kier molecular flexibility index (Phi) is 7.03. The van der Waals surface area contributed by atoms with Crippen LogP contribution < -0.4 is 5.32 Å². The lowest BCUT2D eigenvalue weighted by Gasteiger charge is -2.26. The molecule has 0 aliphatic carbocycles. The van der Waals surface area contributed by atoms with Gasteiger partial charge in [-0.25, -0.2) is 4.98 Å². The predicted octanol–water partition coefficient (Wildman–Crippen LogP) is 2.48. The first-order chi connectivity index (χ1) is 16.6. The van der Waals surface area contributed by atoms with Gasteiger partial charge in [-0.2, -0.15) is 18.3 Å². The van der Waals surface area contributed by atoms with E-state index in [-0.39, 0.29) is 18.9 Å². The molecule has 1 fully saturated rings. The highest BCUT2D eigenvalue weighted by atomic mass is 19.4. The Hall–Kier alpha value is -3.51. The number of halogens is 3.